The van der Waals surface area contributed by atoms with Crippen molar-refractivity contribution in [2.75, 3.05) is 13.7 Å². The normalized spacial score (nSPS) is 20.4. The first kappa shape index (κ1) is 20.1. The zero-order valence-electron chi connectivity index (χ0n) is 16.4. The molecule has 0 aromatic heterocycles. The minimum absolute atomic E-state index is 0.0527. The molecule has 2 aromatic rings. The van der Waals surface area contributed by atoms with Gasteiger partial charge in [0.1, 0.15) is 6.04 Å². The maximum Gasteiger partial charge on any atom is 0.328 e. The molecule has 1 saturated heterocycles. The van der Waals surface area contributed by atoms with E-state index in [1.165, 1.54) is 7.11 Å². The highest BCUT2D eigenvalue weighted by Crippen LogP contribution is 2.27. The fourth-order valence-corrected chi connectivity index (χ4v) is 3.63. The van der Waals surface area contributed by atoms with E-state index in [-0.39, 0.29) is 23.9 Å². The molecule has 0 spiro atoms. The summed E-state index contributed by atoms with van der Waals surface area (Å²) in [6.07, 6.45) is 1.07. The lowest BCUT2D eigenvalue weighted by atomic mass is 9.94. The Kier molecular flexibility index (Phi) is 6.82. The third-order valence-electron chi connectivity index (χ3n) is 5.31. The minimum Gasteiger partial charge on any atom is -0.467 e. The smallest absolute Gasteiger partial charge is 0.328 e. The molecule has 0 saturated carbocycles. The first-order valence-electron chi connectivity index (χ1n) is 9.69. The van der Waals surface area contributed by atoms with Gasteiger partial charge in [0.15, 0.2) is 0 Å². The van der Waals surface area contributed by atoms with Crippen molar-refractivity contribution in [3.63, 3.8) is 0 Å². The number of esters is 1. The van der Waals surface area contributed by atoms with E-state index in [0.717, 1.165) is 11.1 Å². The number of rotatable bonds is 6. The van der Waals surface area contributed by atoms with Crippen molar-refractivity contribution in [3.05, 3.63) is 71.8 Å². The fourth-order valence-electron chi connectivity index (χ4n) is 3.63. The van der Waals surface area contributed by atoms with E-state index in [4.69, 9.17) is 9.47 Å². The van der Waals surface area contributed by atoms with Crippen LogP contribution in [0.2, 0.25) is 0 Å². The number of nitrogens with zero attached hydrogens (tertiary/aromatic N) is 1. The Bertz CT molecular complexity index is 778. The van der Waals surface area contributed by atoms with Crippen molar-refractivity contribution in [2.45, 2.75) is 44.4 Å². The second-order valence-electron chi connectivity index (χ2n) is 7.15. The predicted octanol–water partition coefficient (Wildman–Crippen LogP) is 3.54. The molecule has 0 radical (unpaired) electrons. The van der Waals surface area contributed by atoms with Crippen LogP contribution in [0.3, 0.4) is 0 Å². The van der Waals surface area contributed by atoms with Gasteiger partial charge in [0.2, 0.25) is 5.91 Å². The van der Waals surface area contributed by atoms with Gasteiger partial charge in [-0.2, -0.15) is 0 Å². The van der Waals surface area contributed by atoms with E-state index in [0.29, 0.717) is 26.0 Å². The lowest BCUT2D eigenvalue weighted by Gasteiger charge is -2.39. The molecule has 5 heteroatoms. The largest absolute Gasteiger partial charge is 0.467 e. The molecule has 1 unspecified atom stereocenters. The van der Waals surface area contributed by atoms with Crippen molar-refractivity contribution >= 4 is 11.9 Å². The summed E-state index contributed by atoms with van der Waals surface area (Å²) >= 11 is 0. The highest BCUT2D eigenvalue weighted by Gasteiger charge is 2.39. The van der Waals surface area contributed by atoms with Gasteiger partial charge in [0.25, 0.3) is 0 Å². The maximum atomic E-state index is 13.1. The van der Waals surface area contributed by atoms with Crippen molar-refractivity contribution in [3.8, 4) is 0 Å². The summed E-state index contributed by atoms with van der Waals surface area (Å²) in [5.74, 6) is -0.750. The zero-order chi connectivity index (χ0) is 19.9. The van der Waals surface area contributed by atoms with Crippen molar-refractivity contribution in [1.82, 2.24) is 4.90 Å². The average Bonchev–Trinajstić information content (AvgIpc) is 2.77. The van der Waals surface area contributed by atoms with Crippen LogP contribution in [0.25, 0.3) is 0 Å². The summed E-state index contributed by atoms with van der Waals surface area (Å²) in [6.45, 7) is 2.85. The van der Waals surface area contributed by atoms with Crippen LogP contribution >= 0.6 is 0 Å². The Morgan fingerprint density at radius 1 is 1.07 bits per heavy atom. The van der Waals surface area contributed by atoms with Gasteiger partial charge in [0.05, 0.1) is 25.7 Å². The summed E-state index contributed by atoms with van der Waals surface area (Å²) in [5, 5.41) is 0. The topological polar surface area (TPSA) is 55.8 Å². The highest BCUT2D eigenvalue weighted by molar-refractivity contribution is 5.88. The molecule has 28 heavy (non-hydrogen) atoms. The lowest BCUT2D eigenvalue weighted by Crippen LogP contribution is -2.53. The molecule has 5 nitrogen and oxygen atoms in total. The summed E-state index contributed by atoms with van der Waals surface area (Å²) in [7, 11) is 1.36. The number of hydrogen-bond acceptors (Lipinski definition) is 4. The number of piperidine rings is 1. The van der Waals surface area contributed by atoms with Crippen molar-refractivity contribution in [1.29, 1.82) is 0 Å². The van der Waals surface area contributed by atoms with Crippen LogP contribution in [0.1, 0.15) is 36.8 Å². The predicted molar refractivity (Wildman–Crippen MR) is 107 cm³/mol. The van der Waals surface area contributed by atoms with Gasteiger partial charge in [-0.3, -0.25) is 4.79 Å². The number of ether oxygens (including phenoxy) is 2. The van der Waals surface area contributed by atoms with Gasteiger partial charge < -0.3 is 14.4 Å². The van der Waals surface area contributed by atoms with Gasteiger partial charge in [-0.1, -0.05) is 60.7 Å². The van der Waals surface area contributed by atoms with Crippen LogP contribution in [0.4, 0.5) is 0 Å². The molecule has 1 fully saturated rings. The summed E-state index contributed by atoms with van der Waals surface area (Å²) in [5.41, 5.74) is 2.03. The third-order valence-corrected chi connectivity index (χ3v) is 5.31. The van der Waals surface area contributed by atoms with Gasteiger partial charge in [0, 0.05) is 13.0 Å². The summed E-state index contributed by atoms with van der Waals surface area (Å²) in [6, 6.07) is 19.0. The molecular weight excluding hydrogens is 354 g/mol. The molecule has 1 heterocycles. The lowest BCUT2D eigenvalue weighted by molar-refractivity contribution is -0.159. The molecule has 2 aromatic carbocycles. The fraction of sp³-hybridized carbons (Fsp3) is 0.391. The molecule has 1 amide bonds. The standard InChI is InChI=1S/C23H27NO4/c1-17(19-11-7-4-8-12-19)22(25)24-14-13-20(15-21(24)23(26)27-2)28-16-18-9-5-3-6-10-18/h3-12,17,20-21H,13-16H2,1-2H3/t17?,20-,21+/m1/s1. The molecule has 3 atom stereocenters. The zero-order valence-corrected chi connectivity index (χ0v) is 16.4. The van der Waals surface area contributed by atoms with E-state index in [1.54, 1.807) is 4.90 Å². The number of benzene rings is 2. The Morgan fingerprint density at radius 2 is 1.71 bits per heavy atom. The second-order valence-corrected chi connectivity index (χ2v) is 7.15. The number of hydrogen-bond donors (Lipinski definition) is 0. The van der Waals surface area contributed by atoms with E-state index < -0.39 is 6.04 Å². The molecule has 0 bridgehead atoms. The van der Waals surface area contributed by atoms with E-state index in [2.05, 4.69) is 0 Å². The number of methoxy groups -OCH3 is 1. The van der Waals surface area contributed by atoms with Crippen LogP contribution in [-0.2, 0) is 25.7 Å². The van der Waals surface area contributed by atoms with Crippen LogP contribution in [-0.4, -0.2) is 42.6 Å². The van der Waals surface area contributed by atoms with Crippen molar-refractivity contribution < 1.29 is 19.1 Å². The number of carbonyl (C=O) groups is 2. The molecular formula is C23H27NO4. The quantitative estimate of drug-likeness (QED) is 0.718. The first-order valence-corrected chi connectivity index (χ1v) is 9.69. The molecule has 3 rings (SSSR count). The third kappa shape index (κ3) is 4.78. The van der Waals surface area contributed by atoms with Gasteiger partial charge in [-0.25, -0.2) is 4.79 Å². The highest BCUT2D eigenvalue weighted by atomic mass is 16.5. The van der Waals surface area contributed by atoms with Gasteiger partial charge >= 0.3 is 5.97 Å². The van der Waals surface area contributed by atoms with Crippen LogP contribution in [0.5, 0.6) is 0 Å². The van der Waals surface area contributed by atoms with E-state index in [9.17, 15) is 9.59 Å². The first-order chi connectivity index (χ1) is 13.6. The molecule has 148 valence electrons. The SMILES string of the molecule is COC(=O)[C@@H]1C[C@H](OCc2ccccc2)CCN1C(=O)C(C)c1ccccc1. The van der Waals surface area contributed by atoms with Gasteiger partial charge in [-0.05, 0) is 24.5 Å². The molecule has 0 N–H and O–H groups in total. The second kappa shape index (κ2) is 9.51. The summed E-state index contributed by atoms with van der Waals surface area (Å²) < 4.78 is 11.0. The molecule has 0 aliphatic carbocycles. The van der Waals surface area contributed by atoms with Crippen LogP contribution < -0.4 is 0 Å². The van der Waals surface area contributed by atoms with Gasteiger partial charge in [-0.15, -0.1) is 0 Å². The summed E-state index contributed by atoms with van der Waals surface area (Å²) in [4.78, 5) is 27.1. The Morgan fingerprint density at radius 3 is 2.36 bits per heavy atom. The van der Waals surface area contributed by atoms with Crippen molar-refractivity contribution in [2.24, 2.45) is 0 Å². The monoisotopic (exact) mass is 381 g/mol. The number of carbonyl (C=O) groups excluding carboxylic acids is 2. The maximum absolute atomic E-state index is 13.1. The van der Waals surface area contributed by atoms with Crippen LogP contribution in [0, 0.1) is 0 Å². The van der Waals surface area contributed by atoms with E-state index >= 15 is 0 Å². The molecule has 1 aliphatic rings. The van der Waals surface area contributed by atoms with Crippen LogP contribution in [0.15, 0.2) is 60.7 Å². The molecule has 1 aliphatic heterocycles. The minimum atomic E-state index is -0.613. The average molecular weight is 381 g/mol. The Hall–Kier alpha value is -2.66. The number of amides is 1. The number of likely N-dealkylation sites (tertiary alicyclic amines) is 1. The van der Waals surface area contributed by atoms with E-state index in [1.807, 2.05) is 67.6 Å². The Balaban J connectivity index is 1.67. The Labute approximate surface area is 166 Å².